The van der Waals surface area contributed by atoms with Crippen molar-refractivity contribution in [1.29, 1.82) is 0 Å². The largest absolute Gasteiger partial charge is 0.478 e. The molecule has 0 bridgehead atoms. The highest BCUT2D eigenvalue weighted by Gasteiger charge is 2.10. The SMILES string of the molecule is Cc1ccc(C(C)Nc2ccc(C(=O)O)c(C)n2)cc1. The molecule has 0 aliphatic rings. The van der Waals surface area contributed by atoms with Crippen molar-refractivity contribution in [2.75, 3.05) is 5.32 Å². The van der Waals surface area contributed by atoms with Crippen LogP contribution in [0.1, 0.15) is 40.1 Å². The smallest absolute Gasteiger partial charge is 0.337 e. The van der Waals surface area contributed by atoms with Gasteiger partial charge in [-0.3, -0.25) is 0 Å². The lowest BCUT2D eigenvalue weighted by molar-refractivity contribution is 0.0695. The summed E-state index contributed by atoms with van der Waals surface area (Å²) in [6.07, 6.45) is 0. The highest BCUT2D eigenvalue weighted by atomic mass is 16.4. The van der Waals surface area contributed by atoms with Crippen molar-refractivity contribution in [3.8, 4) is 0 Å². The minimum absolute atomic E-state index is 0.109. The van der Waals surface area contributed by atoms with Gasteiger partial charge in [0.2, 0.25) is 0 Å². The number of aromatic carboxylic acids is 1. The molecule has 0 saturated heterocycles. The zero-order valence-corrected chi connectivity index (χ0v) is 11.8. The van der Waals surface area contributed by atoms with E-state index in [2.05, 4.69) is 41.5 Å². The summed E-state index contributed by atoms with van der Waals surface area (Å²) in [5.74, 6) is -0.270. The second-order valence-corrected chi connectivity index (χ2v) is 4.91. The molecule has 2 aromatic rings. The van der Waals surface area contributed by atoms with Crippen LogP contribution in [0, 0.1) is 13.8 Å². The second-order valence-electron chi connectivity index (χ2n) is 4.91. The summed E-state index contributed by atoms with van der Waals surface area (Å²) in [7, 11) is 0. The fourth-order valence-corrected chi connectivity index (χ4v) is 2.03. The molecule has 4 nitrogen and oxygen atoms in total. The Hall–Kier alpha value is -2.36. The van der Waals surface area contributed by atoms with Gasteiger partial charge in [-0.05, 0) is 38.5 Å². The van der Waals surface area contributed by atoms with Gasteiger partial charge in [0.1, 0.15) is 5.82 Å². The number of hydrogen-bond acceptors (Lipinski definition) is 3. The first-order chi connectivity index (χ1) is 9.47. The number of carboxylic acids is 1. The molecule has 0 fully saturated rings. The molecule has 104 valence electrons. The number of nitrogens with zero attached hydrogens (tertiary/aromatic N) is 1. The van der Waals surface area contributed by atoms with Crippen molar-refractivity contribution in [3.63, 3.8) is 0 Å². The summed E-state index contributed by atoms with van der Waals surface area (Å²) >= 11 is 0. The number of aryl methyl sites for hydroxylation is 2. The molecule has 2 rings (SSSR count). The predicted octanol–water partition coefficient (Wildman–Crippen LogP) is 3.57. The van der Waals surface area contributed by atoms with E-state index in [9.17, 15) is 4.79 Å². The van der Waals surface area contributed by atoms with Crippen LogP contribution in [0.2, 0.25) is 0 Å². The molecular weight excluding hydrogens is 252 g/mol. The summed E-state index contributed by atoms with van der Waals surface area (Å²) in [5.41, 5.74) is 3.13. The first-order valence-electron chi connectivity index (χ1n) is 6.51. The van der Waals surface area contributed by atoms with E-state index in [-0.39, 0.29) is 11.6 Å². The van der Waals surface area contributed by atoms with E-state index in [0.717, 1.165) is 5.56 Å². The van der Waals surface area contributed by atoms with Crippen molar-refractivity contribution in [2.45, 2.75) is 26.8 Å². The van der Waals surface area contributed by atoms with Crippen LogP contribution in [-0.2, 0) is 0 Å². The third-order valence-corrected chi connectivity index (χ3v) is 3.26. The van der Waals surface area contributed by atoms with Crippen molar-refractivity contribution in [1.82, 2.24) is 4.98 Å². The maximum atomic E-state index is 10.9. The number of anilines is 1. The van der Waals surface area contributed by atoms with Crippen LogP contribution in [0.5, 0.6) is 0 Å². The normalized spacial score (nSPS) is 11.9. The number of benzene rings is 1. The minimum Gasteiger partial charge on any atom is -0.478 e. The minimum atomic E-state index is -0.951. The van der Waals surface area contributed by atoms with Gasteiger partial charge in [0.05, 0.1) is 11.3 Å². The highest BCUT2D eigenvalue weighted by Crippen LogP contribution is 2.19. The Bertz CT molecular complexity index is 621. The van der Waals surface area contributed by atoms with Gasteiger partial charge in [0.15, 0.2) is 0 Å². The summed E-state index contributed by atoms with van der Waals surface area (Å²) in [5, 5.41) is 12.3. The molecule has 0 spiro atoms. The third-order valence-electron chi connectivity index (χ3n) is 3.26. The number of nitrogens with one attached hydrogen (secondary N) is 1. The molecule has 20 heavy (non-hydrogen) atoms. The van der Waals surface area contributed by atoms with Gasteiger partial charge < -0.3 is 10.4 Å². The zero-order valence-electron chi connectivity index (χ0n) is 11.8. The van der Waals surface area contributed by atoms with E-state index in [1.165, 1.54) is 5.56 Å². The summed E-state index contributed by atoms with van der Waals surface area (Å²) in [4.78, 5) is 15.2. The lowest BCUT2D eigenvalue weighted by Crippen LogP contribution is -2.10. The molecule has 2 N–H and O–H groups in total. The van der Waals surface area contributed by atoms with Gasteiger partial charge in [0.25, 0.3) is 0 Å². The monoisotopic (exact) mass is 270 g/mol. The number of hydrogen-bond donors (Lipinski definition) is 2. The molecule has 0 aliphatic carbocycles. The maximum absolute atomic E-state index is 10.9. The number of rotatable bonds is 4. The number of carbonyl (C=O) groups is 1. The fourth-order valence-electron chi connectivity index (χ4n) is 2.03. The molecule has 1 aromatic heterocycles. The second kappa shape index (κ2) is 5.74. The Balaban J connectivity index is 2.15. The molecule has 4 heteroatoms. The first-order valence-corrected chi connectivity index (χ1v) is 6.51. The van der Waals surface area contributed by atoms with Crippen molar-refractivity contribution in [3.05, 3.63) is 58.8 Å². The molecule has 1 aromatic carbocycles. The average Bonchev–Trinajstić information content (AvgIpc) is 2.39. The van der Waals surface area contributed by atoms with Gasteiger partial charge >= 0.3 is 5.97 Å². The van der Waals surface area contributed by atoms with Crippen LogP contribution in [0.3, 0.4) is 0 Å². The molecule has 1 heterocycles. The Morgan fingerprint density at radius 1 is 1.15 bits per heavy atom. The zero-order chi connectivity index (χ0) is 14.7. The summed E-state index contributed by atoms with van der Waals surface area (Å²) < 4.78 is 0. The topological polar surface area (TPSA) is 62.2 Å². The molecule has 0 aliphatic heterocycles. The van der Waals surface area contributed by atoms with E-state index in [0.29, 0.717) is 11.5 Å². The van der Waals surface area contributed by atoms with Crippen LogP contribution < -0.4 is 5.32 Å². The van der Waals surface area contributed by atoms with E-state index < -0.39 is 5.97 Å². The van der Waals surface area contributed by atoms with Gasteiger partial charge in [-0.25, -0.2) is 9.78 Å². The quantitative estimate of drug-likeness (QED) is 0.891. The third kappa shape index (κ3) is 3.15. The van der Waals surface area contributed by atoms with Gasteiger partial charge in [0, 0.05) is 6.04 Å². The van der Waals surface area contributed by atoms with E-state index >= 15 is 0 Å². The van der Waals surface area contributed by atoms with Crippen molar-refractivity contribution >= 4 is 11.8 Å². The lowest BCUT2D eigenvalue weighted by atomic mass is 10.1. The fraction of sp³-hybridized carbons (Fsp3) is 0.250. The lowest BCUT2D eigenvalue weighted by Gasteiger charge is -2.16. The Kier molecular flexibility index (Phi) is 4.03. The first kappa shape index (κ1) is 14.1. The number of carboxylic acid groups (broad SMARTS) is 1. The Morgan fingerprint density at radius 2 is 1.80 bits per heavy atom. The number of aromatic nitrogens is 1. The van der Waals surface area contributed by atoms with Crippen LogP contribution in [-0.4, -0.2) is 16.1 Å². The predicted molar refractivity (Wildman–Crippen MR) is 79.2 cm³/mol. The van der Waals surface area contributed by atoms with Crippen molar-refractivity contribution in [2.24, 2.45) is 0 Å². The van der Waals surface area contributed by atoms with Gasteiger partial charge in [-0.2, -0.15) is 0 Å². The Labute approximate surface area is 118 Å². The van der Waals surface area contributed by atoms with Crippen LogP contribution in [0.25, 0.3) is 0 Å². The highest BCUT2D eigenvalue weighted by molar-refractivity contribution is 5.89. The van der Waals surface area contributed by atoms with Gasteiger partial charge in [-0.1, -0.05) is 29.8 Å². The molecule has 0 saturated carbocycles. The molecule has 0 radical (unpaired) electrons. The standard InChI is InChI=1S/C16H18N2O2/c1-10-4-6-13(7-5-10)11(2)17-15-9-8-14(16(19)20)12(3)18-15/h4-9,11H,1-3H3,(H,17,18)(H,19,20). The van der Waals surface area contributed by atoms with Crippen LogP contribution >= 0.6 is 0 Å². The van der Waals surface area contributed by atoms with Crippen molar-refractivity contribution < 1.29 is 9.90 Å². The molecule has 1 atom stereocenters. The summed E-state index contributed by atoms with van der Waals surface area (Å²) in [6, 6.07) is 11.7. The average molecular weight is 270 g/mol. The van der Waals surface area contributed by atoms with Crippen LogP contribution in [0.15, 0.2) is 36.4 Å². The maximum Gasteiger partial charge on any atom is 0.337 e. The molecule has 0 amide bonds. The Morgan fingerprint density at radius 3 is 2.35 bits per heavy atom. The molecular formula is C16H18N2O2. The van der Waals surface area contributed by atoms with E-state index in [4.69, 9.17) is 5.11 Å². The van der Waals surface area contributed by atoms with E-state index in [1.54, 1.807) is 19.1 Å². The number of pyridine rings is 1. The summed E-state index contributed by atoms with van der Waals surface area (Å²) in [6.45, 7) is 5.80. The molecule has 1 unspecified atom stereocenters. The van der Waals surface area contributed by atoms with E-state index in [1.807, 2.05) is 6.92 Å². The van der Waals surface area contributed by atoms with Crippen LogP contribution in [0.4, 0.5) is 5.82 Å². The van der Waals surface area contributed by atoms with Gasteiger partial charge in [-0.15, -0.1) is 0 Å².